The number of unbranched alkanes of at least 4 members (excludes halogenated alkanes) is 1. The van der Waals surface area contributed by atoms with Crippen LogP contribution in [0.1, 0.15) is 28.9 Å². The average molecular weight is 289 g/mol. The molecule has 2 aromatic rings. The maximum atomic E-state index is 10.9. The summed E-state index contributed by atoms with van der Waals surface area (Å²) >= 11 is 0. The van der Waals surface area contributed by atoms with Crippen LogP contribution in [0.4, 0.5) is 5.69 Å². The number of aromatic nitrogens is 2. The molecule has 1 heterocycles. The number of rotatable bonds is 7. The number of benzene rings is 1. The summed E-state index contributed by atoms with van der Waals surface area (Å²) in [5, 5.41) is 23.4. The highest BCUT2D eigenvalue weighted by molar-refractivity contribution is 5.89. The predicted molar refractivity (Wildman–Crippen MR) is 75.2 cm³/mol. The Bertz CT molecular complexity index is 605. The Hall–Kier alpha value is -2.70. The number of carboxylic acid groups (broad SMARTS) is 1. The molecule has 21 heavy (non-hydrogen) atoms. The number of nitrogens with zero attached hydrogens (tertiary/aromatic N) is 3. The second kappa shape index (κ2) is 6.65. The van der Waals surface area contributed by atoms with E-state index >= 15 is 0 Å². The summed E-state index contributed by atoms with van der Waals surface area (Å²) in [5.74, 6) is -1.38. The fourth-order valence-corrected chi connectivity index (χ4v) is 2.06. The molecular weight excluding hydrogens is 274 g/mol. The molecule has 0 aliphatic rings. The van der Waals surface area contributed by atoms with E-state index in [0.29, 0.717) is 6.54 Å². The van der Waals surface area contributed by atoms with Crippen LogP contribution >= 0.6 is 0 Å². The first-order chi connectivity index (χ1) is 10.1. The Balaban J connectivity index is 1.90. The third-order valence-electron chi connectivity index (χ3n) is 3.09. The Kier molecular flexibility index (Phi) is 4.65. The molecule has 7 nitrogen and oxygen atoms in total. The largest absolute Gasteiger partial charge is 0.476 e. The van der Waals surface area contributed by atoms with Crippen molar-refractivity contribution in [3.05, 3.63) is 57.9 Å². The molecule has 1 aromatic carbocycles. The van der Waals surface area contributed by atoms with Crippen LogP contribution in [0.5, 0.6) is 0 Å². The minimum absolute atomic E-state index is 0.459. The van der Waals surface area contributed by atoms with E-state index < -0.39 is 22.3 Å². The van der Waals surface area contributed by atoms with Crippen LogP contribution in [0.3, 0.4) is 0 Å². The van der Waals surface area contributed by atoms with Crippen molar-refractivity contribution in [3.8, 4) is 0 Å². The summed E-state index contributed by atoms with van der Waals surface area (Å²) in [5.41, 5.74) is 0.254. The van der Waals surface area contributed by atoms with E-state index in [1.165, 1.54) is 16.4 Å². The van der Waals surface area contributed by atoms with E-state index in [9.17, 15) is 14.9 Å². The quantitative estimate of drug-likeness (QED) is 0.479. The van der Waals surface area contributed by atoms with Gasteiger partial charge in [0.2, 0.25) is 5.69 Å². The zero-order valence-electron chi connectivity index (χ0n) is 11.3. The van der Waals surface area contributed by atoms with E-state index in [2.05, 4.69) is 5.10 Å². The summed E-state index contributed by atoms with van der Waals surface area (Å²) < 4.78 is 1.33. The van der Waals surface area contributed by atoms with E-state index in [0.717, 1.165) is 19.3 Å². The van der Waals surface area contributed by atoms with Crippen molar-refractivity contribution in [3.63, 3.8) is 0 Å². The topological polar surface area (TPSA) is 98.3 Å². The maximum absolute atomic E-state index is 10.9. The summed E-state index contributed by atoms with van der Waals surface area (Å²) in [7, 11) is 0. The van der Waals surface area contributed by atoms with E-state index in [-0.39, 0.29) is 0 Å². The van der Waals surface area contributed by atoms with Gasteiger partial charge in [-0.15, -0.1) is 0 Å². The van der Waals surface area contributed by atoms with Crippen molar-refractivity contribution in [2.45, 2.75) is 25.8 Å². The number of hydrogen-bond donors (Lipinski definition) is 1. The van der Waals surface area contributed by atoms with Crippen LogP contribution < -0.4 is 0 Å². The van der Waals surface area contributed by atoms with Crippen molar-refractivity contribution in [1.29, 1.82) is 0 Å². The Labute approximate surface area is 121 Å². The van der Waals surface area contributed by atoms with Gasteiger partial charge in [-0.2, -0.15) is 5.10 Å². The molecule has 0 saturated carbocycles. The molecule has 0 saturated heterocycles. The van der Waals surface area contributed by atoms with Gasteiger partial charge in [0.05, 0.1) is 4.92 Å². The van der Waals surface area contributed by atoms with Crippen LogP contribution in [0.25, 0.3) is 0 Å². The first-order valence-corrected chi connectivity index (χ1v) is 6.57. The molecule has 1 N–H and O–H groups in total. The first-order valence-electron chi connectivity index (χ1n) is 6.57. The Morgan fingerprint density at radius 1 is 1.29 bits per heavy atom. The second-order valence-corrected chi connectivity index (χ2v) is 4.63. The molecule has 0 unspecified atom stereocenters. The van der Waals surface area contributed by atoms with Crippen LogP contribution in [-0.2, 0) is 13.0 Å². The molecule has 0 amide bonds. The van der Waals surface area contributed by atoms with Crippen LogP contribution in [0.15, 0.2) is 36.5 Å². The van der Waals surface area contributed by atoms with Crippen LogP contribution in [-0.4, -0.2) is 25.8 Å². The minimum Gasteiger partial charge on any atom is -0.476 e. The van der Waals surface area contributed by atoms with Crippen molar-refractivity contribution in [1.82, 2.24) is 9.78 Å². The number of nitro groups is 1. The lowest BCUT2D eigenvalue weighted by Gasteiger charge is -2.02. The molecule has 0 radical (unpaired) electrons. The molecule has 0 spiro atoms. The molecule has 0 fully saturated rings. The van der Waals surface area contributed by atoms with Gasteiger partial charge in [-0.05, 0) is 24.8 Å². The number of carbonyl (C=O) groups is 1. The molecule has 2 rings (SSSR count). The molecular formula is C14H15N3O4. The van der Waals surface area contributed by atoms with Gasteiger partial charge in [-0.25, -0.2) is 4.79 Å². The Morgan fingerprint density at radius 2 is 2.00 bits per heavy atom. The molecule has 0 bridgehead atoms. The van der Waals surface area contributed by atoms with Gasteiger partial charge in [0.15, 0.2) is 0 Å². The van der Waals surface area contributed by atoms with E-state index in [1.807, 2.05) is 30.3 Å². The van der Waals surface area contributed by atoms with Crippen LogP contribution in [0.2, 0.25) is 0 Å². The van der Waals surface area contributed by atoms with Gasteiger partial charge in [-0.1, -0.05) is 30.3 Å². The molecule has 0 atom stereocenters. The van der Waals surface area contributed by atoms with Gasteiger partial charge in [-0.3, -0.25) is 14.8 Å². The molecule has 1 aromatic heterocycles. The third kappa shape index (κ3) is 3.88. The Morgan fingerprint density at radius 3 is 2.57 bits per heavy atom. The third-order valence-corrected chi connectivity index (χ3v) is 3.09. The van der Waals surface area contributed by atoms with Gasteiger partial charge in [0, 0.05) is 6.54 Å². The van der Waals surface area contributed by atoms with Crippen LogP contribution in [0, 0.1) is 10.1 Å². The maximum Gasteiger partial charge on any atom is 0.363 e. The number of hydrogen-bond acceptors (Lipinski definition) is 4. The van der Waals surface area contributed by atoms with Crippen molar-refractivity contribution >= 4 is 11.7 Å². The normalized spacial score (nSPS) is 10.5. The van der Waals surface area contributed by atoms with Gasteiger partial charge >= 0.3 is 11.7 Å². The lowest BCUT2D eigenvalue weighted by atomic mass is 10.1. The van der Waals surface area contributed by atoms with Crippen molar-refractivity contribution < 1.29 is 14.8 Å². The molecule has 110 valence electrons. The monoisotopic (exact) mass is 289 g/mol. The highest BCUT2D eigenvalue weighted by Crippen LogP contribution is 2.17. The SMILES string of the molecule is O=C(O)c1nn(CCCCc2ccccc2)cc1[N+](=O)[O-]. The van der Waals surface area contributed by atoms with Gasteiger partial charge < -0.3 is 5.11 Å². The standard InChI is InChI=1S/C14H15N3O4/c18-14(19)13-12(17(20)21)10-16(15-13)9-5-4-8-11-6-2-1-3-7-11/h1-3,6-7,10H,4-5,8-9H2,(H,18,19). The average Bonchev–Trinajstić information content (AvgIpc) is 2.89. The fraction of sp³-hybridized carbons (Fsp3) is 0.286. The molecule has 7 heteroatoms. The van der Waals surface area contributed by atoms with Gasteiger partial charge in [0.25, 0.3) is 0 Å². The molecule has 0 aliphatic heterocycles. The summed E-state index contributed by atoms with van der Waals surface area (Å²) in [6, 6.07) is 10.00. The second-order valence-electron chi connectivity index (χ2n) is 4.63. The fourth-order valence-electron chi connectivity index (χ4n) is 2.06. The number of aryl methyl sites for hydroxylation is 2. The minimum atomic E-state index is -1.38. The first kappa shape index (κ1) is 14.7. The molecule has 0 aliphatic carbocycles. The van der Waals surface area contributed by atoms with Gasteiger partial charge in [0.1, 0.15) is 6.20 Å². The smallest absolute Gasteiger partial charge is 0.363 e. The highest BCUT2D eigenvalue weighted by Gasteiger charge is 2.24. The van der Waals surface area contributed by atoms with Crippen molar-refractivity contribution in [2.24, 2.45) is 0 Å². The van der Waals surface area contributed by atoms with E-state index in [4.69, 9.17) is 5.11 Å². The van der Waals surface area contributed by atoms with E-state index in [1.54, 1.807) is 0 Å². The lowest BCUT2D eigenvalue weighted by molar-refractivity contribution is -0.385. The lowest BCUT2D eigenvalue weighted by Crippen LogP contribution is -2.04. The summed E-state index contributed by atoms with van der Waals surface area (Å²) in [4.78, 5) is 20.9. The zero-order chi connectivity index (χ0) is 15.2. The summed E-state index contributed by atoms with van der Waals surface area (Å²) in [6.45, 7) is 0.459. The number of aromatic carboxylic acids is 1. The summed E-state index contributed by atoms with van der Waals surface area (Å²) in [6.07, 6.45) is 3.76. The number of carboxylic acids is 1. The van der Waals surface area contributed by atoms with Crippen molar-refractivity contribution in [2.75, 3.05) is 0 Å². The zero-order valence-corrected chi connectivity index (χ0v) is 11.3. The highest BCUT2D eigenvalue weighted by atomic mass is 16.6. The predicted octanol–water partition coefficient (Wildman–Crippen LogP) is 2.51.